The molecule has 1 fully saturated rings. The fourth-order valence-electron chi connectivity index (χ4n) is 2.99. The summed E-state index contributed by atoms with van der Waals surface area (Å²) in [5, 5.41) is 4.20. The number of hydrogen-bond donors (Lipinski definition) is 1. The van der Waals surface area contributed by atoms with Crippen LogP contribution < -0.4 is 10.2 Å². The molecule has 2 unspecified atom stereocenters. The van der Waals surface area contributed by atoms with Crippen molar-refractivity contribution < 1.29 is 0 Å². The number of anilines is 2. The Kier molecular flexibility index (Phi) is 3.68. The van der Waals surface area contributed by atoms with Gasteiger partial charge in [-0.2, -0.15) is 4.98 Å². The Hall–Kier alpha value is -1.88. The lowest BCUT2D eigenvalue weighted by Crippen LogP contribution is -2.55. The van der Waals surface area contributed by atoms with Crippen molar-refractivity contribution in [2.75, 3.05) is 37.4 Å². The summed E-state index contributed by atoms with van der Waals surface area (Å²) in [5.41, 5.74) is 0.992. The van der Waals surface area contributed by atoms with E-state index in [-0.39, 0.29) is 0 Å². The number of nitrogens with one attached hydrogen (secondary N) is 1. The Morgan fingerprint density at radius 1 is 1.10 bits per heavy atom. The first kappa shape index (κ1) is 14.1. The number of hydrogen-bond acceptors (Lipinski definition) is 5. The number of nitrogens with zero attached hydrogens (tertiary/aromatic N) is 4. The van der Waals surface area contributed by atoms with Crippen LogP contribution in [-0.4, -0.2) is 54.1 Å². The summed E-state index contributed by atoms with van der Waals surface area (Å²) in [6.45, 7) is 6.52. The van der Waals surface area contributed by atoms with Crippen LogP contribution in [0, 0.1) is 0 Å². The third-order valence-corrected chi connectivity index (χ3v) is 4.47. The molecule has 1 aliphatic rings. The quantitative estimate of drug-likeness (QED) is 0.916. The van der Waals surface area contributed by atoms with Crippen molar-refractivity contribution in [2.45, 2.75) is 25.9 Å². The van der Waals surface area contributed by atoms with Crippen LogP contribution in [0.25, 0.3) is 10.9 Å². The molecule has 0 bridgehead atoms. The molecule has 2 aromatic rings. The number of piperazine rings is 1. The molecule has 112 valence electrons. The van der Waals surface area contributed by atoms with E-state index in [1.165, 1.54) is 0 Å². The van der Waals surface area contributed by atoms with E-state index in [4.69, 9.17) is 4.98 Å². The first-order chi connectivity index (χ1) is 10.1. The maximum atomic E-state index is 4.72. The van der Waals surface area contributed by atoms with Gasteiger partial charge in [0.1, 0.15) is 5.82 Å². The molecular formula is C16H23N5. The molecule has 1 aromatic carbocycles. The first-order valence-electron chi connectivity index (χ1n) is 7.51. The van der Waals surface area contributed by atoms with Gasteiger partial charge in [0.2, 0.25) is 5.95 Å². The van der Waals surface area contributed by atoms with Crippen LogP contribution in [0.3, 0.4) is 0 Å². The molecule has 2 heterocycles. The lowest BCUT2D eigenvalue weighted by molar-refractivity contribution is 0.170. The fourth-order valence-corrected chi connectivity index (χ4v) is 2.99. The lowest BCUT2D eigenvalue weighted by Gasteiger charge is -2.43. The maximum absolute atomic E-state index is 4.72. The number of aromatic nitrogens is 2. The number of rotatable bonds is 2. The van der Waals surface area contributed by atoms with E-state index in [9.17, 15) is 0 Å². The van der Waals surface area contributed by atoms with E-state index >= 15 is 0 Å². The normalized spacial score (nSPS) is 23.5. The first-order valence-corrected chi connectivity index (χ1v) is 7.51. The summed E-state index contributed by atoms with van der Waals surface area (Å²) < 4.78 is 0. The van der Waals surface area contributed by atoms with Gasteiger partial charge in [-0.1, -0.05) is 12.1 Å². The minimum Gasteiger partial charge on any atom is -0.357 e. The third-order valence-electron chi connectivity index (χ3n) is 4.47. The number of para-hydroxylation sites is 1. The summed E-state index contributed by atoms with van der Waals surface area (Å²) in [6, 6.07) is 9.26. The highest BCUT2D eigenvalue weighted by molar-refractivity contribution is 5.90. The Labute approximate surface area is 126 Å². The lowest BCUT2D eigenvalue weighted by atomic mass is 10.1. The maximum Gasteiger partial charge on any atom is 0.224 e. The molecule has 3 rings (SSSR count). The van der Waals surface area contributed by atoms with Crippen molar-refractivity contribution in [1.29, 1.82) is 0 Å². The van der Waals surface area contributed by atoms with E-state index in [0.717, 1.165) is 29.8 Å². The molecule has 0 saturated carbocycles. The summed E-state index contributed by atoms with van der Waals surface area (Å²) in [4.78, 5) is 14.1. The molecule has 0 spiro atoms. The van der Waals surface area contributed by atoms with E-state index in [1.807, 2.05) is 19.2 Å². The zero-order chi connectivity index (χ0) is 15.0. The SMILES string of the molecule is CNc1nc(N2CC(C)N(C)C(C)C2)c2ccccc2n1. The highest BCUT2D eigenvalue weighted by Gasteiger charge is 2.28. The molecule has 21 heavy (non-hydrogen) atoms. The topological polar surface area (TPSA) is 44.3 Å². The van der Waals surface area contributed by atoms with Crippen molar-refractivity contribution >= 4 is 22.7 Å². The second-order valence-corrected chi connectivity index (χ2v) is 5.91. The Morgan fingerprint density at radius 2 is 1.76 bits per heavy atom. The van der Waals surface area contributed by atoms with Gasteiger partial charge in [-0.15, -0.1) is 0 Å². The average molecular weight is 285 g/mol. The molecule has 0 radical (unpaired) electrons. The van der Waals surface area contributed by atoms with Gasteiger partial charge in [0, 0.05) is 37.6 Å². The zero-order valence-electron chi connectivity index (χ0n) is 13.2. The van der Waals surface area contributed by atoms with Crippen molar-refractivity contribution in [3.63, 3.8) is 0 Å². The van der Waals surface area contributed by atoms with Crippen LogP contribution in [0.4, 0.5) is 11.8 Å². The van der Waals surface area contributed by atoms with Crippen LogP contribution in [0.15, 0.2) is 24.3 Å². The predicted molar refractivity (Wildman–Crippen MR) is 88.0 cm³/mol. The molecule has 1 aliphatic heterocycles. The van der Waals surface area contributed by atoms with Crippen LogP contribution >= 0.6 is 0 Å². The van der Waals surface area contributed by atoms with E-state index in [2.05, 4.69) is 53.1 Å². The highest BCUT2D eigenvalue weighted by atomic mass is 15.3. The van der Waals surface area contributed by atoms with Gasteiger partial charge in [-0.05, 0) is 33.0 Å². The predicted octanol–water partition coefficient (Wildman–Crippen LogP) is 2.20. The monoisotopic (exact) mass is 285 g/mol. The Morgan fingerprint density at radius 3 is 2.43 bits per heavy atom. The van der Waals surface area contributed by atoms with Crippen LogP contribution in [0.5, 0.6) is 0 Å². The smallest absolute Gasteiger partial charge is 0.224 e. The molecule has 0 aliphatic carbocycles. The van der Waals surface area contributed by atoms with Crippen molar-refractivity contribution in [1.82, 2.24) is 14.9 Å². The van der Waals surface area contributed by atoms with E-state index in [1.54, 1.807) is 0 Å². The summed E-state index contributed by atoms with van der Waals surface area (Å²) in [7, 11) is 4.06. The largest absolute Gasteiger partial charge is 0.357 e. The van der Waals surface area contributed by atoms with Gasteiger partial charge in [0.25, 0.3) is 0 Å². The van der Waals surface area contributed by atoms with E-state index < -0.39 is 0 Å². The highest BCUT2D eigenvalue weighted by Crippen LogP contribution is 2.28. The molecule has 2 atom stereocenters. The van der Waals surface area contributed by atoms with Crippen molar-refractivity contribution in [3.8, 4) is 0 Å². The Balaban J connectivity index is 2.07. The van der Waals surface area contributed by atoms with Gasteiger partial charge < -0.3 is 10.2 Å². The number of fused-ring (bicyclic) bond motifs is 1. The van der Waals surface area contributed by atoms with Gasteiger partial charge in [0.05, 0.1) is 5.52 Å². The van der Waals surface area contributed by atoms with Crippen LogP contribution in [0.2, 0.25) is 0 Å². The van der Waals surface area contributed by atoms with Gasteiger partial charge in [-0.25, -0.2) is 4.98 Å². The van der Waals surface area contributed by atoms with Crippen molar-refractivity contribution in [2.24, 2.45) is 0 Å². The molecule has 1 aromatic heterocycles. The molecular weight excluding hydrogens is 262 g/mol. The number of benzene rings is 1. The van der Waals surface area contributed by atoms with Crippen molar-refractivity contribution in [3.05, 3.63) is 24.3 Å². The second kappa shape index (κ2) is 5.48. The summed E-state index contributed by atoms with van der Waals surface area (Å²) in [5.74, 6) is 1.72. The van der Waals surface area contributed by atoms with E-state index in [0.29, 0.717) is 18.0 Å². The van der Waals surface area contributed by atoms with Gasteiger partial charge >= 0.3 is 0 Å². The third kappa shape index (κ3) is 2.53. The summed E-state index contributed by atoms with van der Waals surface area (Å²) >= 11 is 0. The average Bonchev–Trinajstić information content (AvgIpc) is 2.51. The number of likely N-dealkylation sites (N-methyl/N-ethyl adjacent to an activating group) is 1. The zero-order valence-corrected chi connectivity index (χ0v) is 13.2. The second-order valence-electron chi connectivity index (χ2n) is 5.91. The Bertz CT molecular complexity index is 630. The van der Waals surface area contributed by atoms with Crippen LogP contribution in [0.1, 0.15) is 13.8 Å². The summed E-state index contributed by atoms with van der Waals surface area (Å²) in [6.07, 6.45) is 0. The van der Waals surface area contributed by atoms with Crippen LogP contribution in [-0.2, 0) is 0 Å². The fraction of sp³-hybridized carbons (Fsp3) is 0.500. The van der Waals surface area contributed by atoms with Gasteiger partial charge in [0.15, 0.2) is 0 Å². The standard InChI is InChI=1S/C16H23N5/c1-11-9-21(10-12(2)20(11)4)15-13-7-5-6-8-14(13)18-16(17-3)19-15/h5-8,11-12H,9-10H2,1-4H3,(H,17,18,19). The molecule has 0 amide bonds. The molecule has 5 heteroatoms. The molecule has 1 N–H and O–H groups in total. The molecule has 1 saturated heterocycles. The minimum absolute atomic E-state index is 0.514. The minimum atomic E-state index is 0.514. The molecule has 5 nitrogen and oxygen atoms in total. The van der Waals surface area contributed by atoms with Gasteiger partial charge in [-0.3, -0.25) is 4.90 Å².